The number of hydrogen-bond acceptors (Lipinski definition) is 4. The lowest BCUT2D eigenvalue weighted by Gasteiger charge is -2.33. The molecule has 1 aliphatic heterocycles. The predicted molar refractivity (Wildman–Crippen MR) is 153 cm³/mol. The molecule has 0 amide bonds. The zero-order valence-corrected chi connectivity index (χ0v) is 23.1. The molecule has 1 N–H and O–H groups in total. The molecule has 4 heteroatoms. The van der Waals surface area contributed by atoms with Gasteiger partial charge in [0, 0.05) is 48.6 Å². The van der Waals surface area contributed by atoms with Gasteiger partial charge in [0.25, 0.3) is 0 Å². The Bertz CT molecular complexity index is 1040. The number of benzene rings is 2. The molecule has 1 fully saturated rings. The first-order chi connectivity index (χ1) is 17.0. The highest BCUT2D eigenvalue weighted by Gasteiger charge is 2.27. The summed E-state index contributed by atoms with van der Waals surface area (Å²) in [5.41, 5.74) is 5.46. The van der Waals surface area contributed by atoms with E-state index in [1.165, 1.54) is 71.0 Å². The van der Waals surface area contributed by atoms with Crippen LogP contribution in [0.1, 0.15) is 70.3 Å². The van der Waals surface area contributed by atoms with Crippen LogP contribution in [0.3, 0.4) is 0 Å². The Labute approximate surface area is 217 Å². The van der Waals surface area contributed by atoms with Crippen molar-refractivity contribution in [1.29, 1.82) is 0 Å². The molecule has 2 unspecified atom stereocenters. The third-order valence-corrected chi connectivity index (χ3v) is 8.48. The molecule has 0 spiro atoms. The van der Waals surface area contributed by atoms with Gasteiger partial charge in [0.1, 0.15) is 0 Å². The van der Waals surface area contributed by atoms with Gasteiger partial charge in [0.05, 0.1) is 11.4 Å². The van der Waals surface area contributed by atoms with Gasteiger partial charge >= 0.3 is 0 Å². The maximum atomic E-state index is 3.90. The smallest absolute Gasteiger partial charge is 0.0553 e. The summed E-state index contributed by atoms with van der Waals surface area (Å²) in [6.45, 7) is 4.52. The normalized spacial score (nSPS) is 18.2. The number of para-hydroxylation sites is 1. The first-order valence-corrected chi connectivity index (χ1v) is 14.2. The SMILES string of the molecule is CC/C=C(/NC(C)/C=C\N(C)C)C(CC1CCCCC1)c1ccc2c(c1)N(C)c1ccccc1S2. The zero-order valence-electron chi connectivity index (χ0n) is 22.3. The molecule has 35 heavy (non-hydrogen) atoms. The third-order valence-electron chi connectivity index (χ3n) is 7.35. The summed E-state index contributed by atoms with van der Waals surface area (Å²) in [7, 11) is 6.38. The van der Waals surface area contributed by atoms with Gasteiger partial charge in [-0.3, -0.25) is 0 Å². The Balaban J connectivity index is 1.67. The number of allylic oxidation sites excluding steroid dienone is 2. The van der Waals surface area contributed by atoms with Crippen LogP contribution in [0.4, 0.5) is 11.4 Å². The molecule has 2 aliphatic rings. The van der Waals surface area contributed by atoms with E-state index in [0.717, 1.165) is 12.3 Å². The van der Waals surface area contributed by atoms with E-state index in [-0.39, 0.29) is 6.04 Å². The fourth-order valence-corrected chi connectivity index (χ4v) is 6.63. The minimum Gasteiger partial charge on any atom is -0.384 e. The highest BCUT2D eigenvalue weighted by molar-refractivity contribution is 7.99. The zero-order chi connectivity index (χ0) is 24.8. The van der Waals surface area contributed by atoms with Crippen molar-refractivity contribution in [3.63, 3.8) is 0 Å². The monoisotopic (exact) mass is 489 g/mol. The van der Waals surface area contributed by atoms with E-state index in [0.29, 0.717) is 5.92 Å². The molecule has 0 saturated heterocycles. The molecule has 3 nitrogen and oxygen atoms in total. The molecule has 0 bridgehead atoms. The van der Waals surface area contributed by atoms with Gasteiger partial charge in [-0.05, 0) is 67.8 Å². The molecule has 0 radical (unpaired) electrons. The average Bonchev–Trinajstić information content (AvgIpc) is 2.86. The number of fused-ring (bicyclic) bond motifs is 2. The molecule has 1 aliphatic carbocycles. The number of nitrogens with zero attached hydrogens (tertiary/aromatic N) is 2. The Morgan fingerprint density at radius 1 is 1.09 bits per heavy atom. The van der Waals surface area contributed by atoms with Crippen LogP contribution in [0, 0.1) is 5.92 Å². The van der Waals surface area contributed by atoms with Crippen molar-refractivity contribution < 1.29 is 0 Å². The summed E-state index contributed by atoms with van der Waals surface area (Å²) >= 11 is 1.90. The number of anilines is 2. The molecule has 2 atom stereocenters. The quantitative estimate of drug-likeness (QED) is 0.381. The van der Waals surface area contributed by atoms with Crippen LogP contribution < -0.4 is 10.2 Å². The molecule has 1 heterocycles. The number of hydrogen-bond donors (Lipinski definition) is 1. The van der Waals surface area contributed by atoms with Crippen LogP contribution >= 0.6 is 11.8 Å². The second-order valence-electron chi connectivity index (χ2n) is 10.5. The first kappa shape index (κ1) is 25.8. The summed E-state index contributed by atoms with van der Waals surface area (Å²) in [5.74, 6) is 1.21. The van der Waals surface area contributed by atoms with Crippen LogP contribution in [-0.4, -0.2) is 32.1 Å². The van der Waals surface area contributed by atoms with Gasteiger partial charge < -0.3 is 15.1 Å². The van der Waals surface area contributed by atoms with E-state index in [4.69, 9.17) is 0 Å². The summed E-state index contributed by atoms with van der Waals surface area (Å²) in [6.07, 6.45) is 16.1. The molecular weight excluding hydrogens is 446 g/mol. The number of nitrogens with one attached hydrogen (secondary N) is 1. The lowest BCUT2D eigenvalue weighted by Crippen LogP contribution is -2.29. The number of rotatable bonds is 9. The highest BCUT2D eigenvalue weighted by atomic mass is 32.2. The van der Waals surface area contributed by atoms with Crippen LogP contribution in [-0.2, 0) is 0 Å². The van der Waals surface area contributed by atoms with E-state index in [2.05, 4.69) is 111 Å². The van der Waals surface area contributed by atoms with E-state index < -0.39 is 0 Å². The third kappa shape index (κ3) is 6.46. The molecule has 2 aromatic rings. The fourth-order valence-electron chi connectivity index (χ4n) is 5.50. The summed E-state index contributed by atoms with van der Waals surface area (Å²) < 4.78 is 0. The van der Waals surface area contributed by atoms with Gasteiger partial charge in [0.15, 0.2) is 0 Å². The molecule has 2 aromatic carbocycles. The van der Waals surface area contributed by atoms with E-state index in [1.807, 2.05) is 11.8 Å². The van der Waals surface area contributed by atoms with Gasteiger partial charge in [-0.15, -0.1) is 0 Å². The average molecular weight is 490 g/mol. The van der Waals surface area contributed by atoms with E-state index in [1.54, 1.807) is 0 Å². The Morgan fingerprint density at radius 3 is 2.57 bits per heavy atom. The molecule has 188 valence electrons. The van der Waals surface area contributed by atoms with Gasteiger partial charge in [-0.25, -0.2) is 0 Å². The van der Waals surface area contributed by atoms with Crippen molar-refractivity contribution in [3.8, 4) is 0 Å². The van der Waals surface area contributed by atoms with Crippen molar-refractivity contribution in [2.45, 2.75) is 80.5 Å². The molecule has 0 aromatic heterocycles. The topological polar surface area (TPSA) is 18.5 Å². The first-order valence-electron chi connectivity index (χ1n) is 13.4. The van der Waals surface area contributed by atoms with Gasteiger partial charge in [-0.2, -0.15) is 0 Å². The summed E-state index contributed by atoms with van der Waals surface area (Å²) in [5, 5.41) is 3.90. The minimum atomic E-state index is 0.284. The van der Waals surface area contributed by atoms with Crippen molar-refractivity contribution in [3.05, 3.63) is 72.1 Å². The Morgan fingerprint density at radius 2 is 1.83 bits per heavy atom. The van der Waals surface area contributed by atoms with Crippen molar-refractivity contribution in [1.82, 2.24) is 10.2 Å². The van der Waals surface area contributed by atoms with Crippen LogP contribution in [0.25, 0.3) is 0 Å². The highest BCUT2D eigenvalue weighted by Crippen LogP contribution is 2.48. The lowest BCUT2D eigenvalue weighted by molar-refractivity contribution is 0.323. The van der Waals surface area contributed by atoms with E-state index in [9.17, 15) is 0 Å². The second kappa shape index (κ2) is 12.1. The standard InChI is InChI=1S/C31H43N3S/c1-6-12-27(32-23(2)19-20-33(3)4)26(21-24-13-8-7-9-14-24)25-17-18-31-29(22-25)34(5)28-15-10-11-16-30(28)35-31/h10-12,15-20,22-24,26,32H,6-9,13-14,21H2,1-5H3/b20-19-,27-12+. The maximum absolute atomic E-state index is 3.90. The predicted octanol–water partition coefficient (Wildman–Crippen LogP) is 8.32. The van der Waals surface area contributed by atoms with Crippen LogP contribution in [0.5, 0.6) is 0 Å². The molecule has 4 rings (SSSR count). The van der Waals surface area contributed by atoms with Gasteiger partial charge in [-0.1, -0.05) is 75.1 Å². The Kier molecular flexibility index (Phi) is 8.89. The van der Waals surface area contributed by atoms with Crippen molar-refractivity contribution in [2.24, 2.45) is 5.92 Å². The van der Waals surface area contributed by atoms with Crippen molar-refractivity contribution in [2.75, 3.05) is 26.0 Å². The molecule has 1 saturated carbocycles. The lowest BCUT2D eigenvalue weighted by atomic mass is 9.79. The fraction of sp³-hybridized carbons (Fsp3) is 0.484. The van der Waals surface area contributed by atoms with Crippen LogP contribution in [0.2, 0.25) is 0 Å². The van der Waals surface area contributed by atoms with Crippen LogP contribution in [0.15, 0.2) is 76.3 Å². The Hall–Kier alpha value is -2.33. The molecular formula is C31H43N3S. The minimum absolute atomic E-state index is 0.284. The summed E-state index contributed by atoms with van der Waals surface area (Å²) in [6, 6.07) is 16.3. The summed E-state index contributed by atoms with van der Waals surface area (Å²) in [4.78, 5) is 7.17. The second-order valence-corrected chi connectivity index (χ2v) is 11.5. The van der Waals surface area contributed by atoms with E-state index >= 15 is 0 Å². The van der Waals surface area contributed by atoms with Crippen molar-refractivity contribution >= 4 is 23.1 Å². The largest absolute Gasteiger partial charge is 0.384 e. The van der Waals surface area contributed by atoms with Gasteiger partial charge in [0.2, 0.25) is 0 Å². The maximum Gasteiger partial charge on any atom is 0.0553 e.